The number of hydrogen-bond donors (Lipinski definition) is 0. The van der Waals surface area contributed by atoms with Gasteiger partial charge in [-0.3, -0.25) is 14.9 Å². The maximum atomic E-state index is 12.4. The van der Waals surface area contributed by atoms with Crippen LogP contribution in [-0.4, -0.2) is 35.0 Å². The fourth-order valence-electron chi connectivity index (χ4n) is 1.65. The molecule has 0 aliphatic rings. The highest BCUT2D eigenvalue weighted by Crippen LogP contribution is 2.18. The number of benzene rings is 1. The fraction of sp³-hybridized carbons (Fsp3) is 0.308. The second kappa shape index (κ2) is 6.87. The Balaban J connectivity index is 2.76. The van der Waals surface area contributed by atoms with E-state index in [1.165, 1.54) is 30.3 Å². The van der Waals surface area contributed by atoms with Gasteiger partial charge in [-0.05, 0) is 5.56 Å². The Kier molecular flexibility index (Phi) is 5.45. The predicted octanol–water partition coefficient (Wildman–Crippen LogP) is 2.71. The number of halogens is 3. The summed E-state index contributed by atoms with van der Waals surface area (Å²) >= 11 is 0. The summed E-state index contributed by atoms with van der Waals surface area (Å²) in [6, 6.07) is 5.08. The maximum absolute atomic E-state index is 12.4. The van der Waals surface area contributed by atoms with E-state index in [4.69, 9.17) is 0 Å². The molecule has 0 saturated carbocycles. The normalized spacial score (nSPS) is 11.0. The number of carbonyl (C=O) groups excluding carboxylic acids is 1. The van der Waals surface area contributed by atoms with Gasteiger partial charge in [-0.25, -0.2) is 0 Å². The molecule has 114 valence electrons. The van der Waals surface area contributed by atoms with Crippen molar-refractivity contribution < 1.29 is 22.9 Å². The van der Waals surface area contributed by atoms with Gasteiger partial charge in [-0.1, -0.05) is 18.2 Å². The first kappa shape index (κ1) is 16.7. The van der Waals surface area contributed by atoms with E-state index in [-0.39, 0.29) is 18.7 Å². The number of hydrogen-bond acceptors (Lipinski definition) is 3. The van der Waals surface area contributed by atoms with Gasteiger partial charge in [0.05, 0.1) is 11.3 Å². The smallest absolute Gasteiger partial charge is 0.330 e. The van der Waals surface area contributed by atoms with Crippen molar-refractivity contribution in [3.63, 3.8) is 0 Å². The molecule has 0 N–H and O–H groups in total. The number of non-ortho nitro benzene ring substituents is 1. The summed E-state index contributed by atoms with van der Waals surface area (Å²) in [6.45, 7) is 1.74. The number of amides is 1. The van der Waals surface area contributed by atoms with Crippen LogP contribution >= 0.6 is 0 Å². The van der Waals surface area contributed by atoms with Crippen LogP contribution in [0, 0.1) is 10.1 Å². The van der Waals surface area contributed by atoms with E-state index in [2.05, 4.69) is 6.58 Å². The van der Waals surface area contributed by atoms with Gasteiger partial charge < -0.3 is 4.90 Å². The Hall–Kier alpha value is -2.38. The topological polar surface area (TPSA) is 63.5 Å². The van der Waals surface area contributed by atoms with Gasteiger partial charge in [0.1, 0.15) is 6.54 Å². The number of nitro benzene ring substituents is 1. The van der Waals surface area contributed by atoms with Crippen LogP contribution in [0.4, 0.5) is 18.9 Å². The first-order chi connectivity index (χ1) is 9.73. The quantitative estimate of drug-likeness (QED) is 0.461. The Morgan fingerprint density at radius 2 is 1.90 bits per heavy atom. The molecule has 0 saturated heterocycles. The summed E-state index contributed by atoms with van der Waals surface area (Å²) < 4.78 is 37.1. The molecule has 5 nitrogen and oxygen atoms in total. The molecule has 0 aromatic heterocycles. The van der Waals surface area contributed by atoms with Gasteiger partial charge in [0.25, 0.3) is 5.69 Å². The fourth-order valence-corrected chi connectivity index (χ4v) is 1.65. The molecule has 21 heavy (non-hydrogen) atoms. The maximum Gasteiger partial charge on any atom is 0.406 e. The summed E-state index contributed by atoms with van der Waals surface area (Å²) in [7, 11) is 0. The number of nitrogens with zero attached hydrogens (tertiary/aromatic N) is 2. The molecular weight excluding hydrogens is 289 g/mol. The van der Waals surface area contributed by atoms with Crippen LogP contribution in [0.2, 0.25) is 0 Å². The van der Waals surface area contributed by atoms with E-state index >= 15 is 0 Å². The third-order valence-electron chi connectivity index (χ3n) is 2.57. The van der Waals surface area contributed by atoms with E-state index in [0.717, 1.165) is 0 Å². The molecule has 0 fully saturated rings. The average molecular weight is 302 g/mol. The van der Waals surface area contributed by atoms with Crippen molar-refractivity contribution in [2.75, 3.05) is 13.1 Å². The second-order valence-corrected chi connectivity index (χ2v) is 4.28. The van der Waals surface area contributed by atoms with Gasteiger partial charge in [-0.2, -0.15) is 13.2 Å². The molecular formula is C13H13F3N2O3. The van der Waals surface area contributed by atoms with E-state index in [0.29, 0.717) is 10.5 Å². The first-order valence-electron chi connectivity index (χ1n) is 5.91. The lowest BCUT2D eigenvalue weighted by molar-refractivity contribution is -0.384. The van der Waals surface area contributed by atoms with Crippen LogP contribution in [0.5, 0.6) is 0 Å². The van der Waals surface area contributed by atoms with Crippen LogP contribution in [0.1, 0.15) is 5.56 Å². The lowest BCUT2D eigenvalue weighted by Crippen LogP contribution is -2.39. The molecule has 0 heterocycles. The summed E-state index contributed by atoms with van der Waals surface area (Å²) in [5.74, 6) is -0.721. The third-order valence-corrected chi connectivity index (χ3v) is 2.57. The van der Waals surface area contributed by atoms with Crippen molar-refractivity contribution in [2.45, 2.75) is 12.6 Å². The summed E-state index contributed by atoms with van der Waals surface area (Å²) in [4.78, 5) is 22.4. The molecule has 1 aromatic rings. The molecule has 0 aliphatic carbocycles. The van der Waals surface area contributed by atoms with Crippen LogP contribution < -0.4 is 0 Å². The summed E-state index contributed by atoms with van der Waals surface area (Å²) in [5, 5.41) is 10.5. The monoisotopic (exact) mass is 302 g/mol. The molecule has 0 aliphatic heterocycles. The van der Waals surface area contributed by atoms with E-state index in [1.807, 2.05) is 0 Å². The Labute approximate surface area is 118 Å². The summed E-state index contributed by atoms with van der Waals surface area (Å²) in [6.07, 6.45) is -3.55. The van der Waals surface area contributed by atoms with E-state index in [1.54, 1.807) is 0 Å². The summed E-state index contributed by atoms with van der Waals surface area (Å²) in [5.41, 5.74) is 0.256. The zero-order valence-electron chi connectivity index (χ0n) is 11.0. The van der Waals surface area contributed by atoms with Crippen LogP contribution in [0.25, 0.3) is 0 Å². The largest absolute Gasteiger partial charge is 0.406 e. The minimum absolute atomic E-state index is 0.149. The van der Waals surface area contributed by atoms with E-state index in [9.17, 15) is 28.1 Å². The minimum Gasteiger partial charge on any atom is -0.330 e. The van der Waals surface area contributed by atoms with Crippen molar-refractivity contribution in [1.82, 2.24) is 4.90 Å². The van der Waals surface area contributed by atoms with Gasteiger partial charge in [-0.15, -0.1) is 6.58 Å². The lowest BCUT2D eigenvalue weighted by Gasteiger charge is -2.22. The number of alkyl halides is 3. The molecule has 1 aromatic carbocycles. The Bertz CT molecular complexity index is 526. The second-order valence-electron chi connectivity index (χ2n) is 4.28. The van der Waals surface area contributed by atoms with Crippen LogP contribution in [-0.2, 0) is 11.2 Å². The van der Waals surface area contributed by atoms with Gasteiger partial charge in [0.15, 0.2) is 0 Å². The first-order valence-corrected chi connectivity index (χ1v) is 5.91. The molecule has 1 amide bonds. The van der Waals surface area contributed by atoms with Crippen LogP contribution in [0.15, 0.2) is 36.9 Å². The lowest BCUT2D eigenvalue weighted by atomic mass is 10.1. The molecule has 0 radical (unpaired) electrons. The highest BCUT2D eigenvalue weighted by atomic mass is 19.4. The van der Waals surface area contributed by atoms with Crippen molar-refractivity contribution >= 4 is 11.6 Å². The zero-order valence-corrected chi connectivity index (χ0v) is 11.0. The van der Waals surface area contributed by atoms with Crippen molar-refractivity contribution in [1.29, 1.82) is 0 Å². The Morgan fingerprint density at radius 1 is 1.33 bits per heavy atom. The SMILES string of the molecule is C=CCN(CC(F)(F)F)C(=O)Cc1ccc([N+](=O)[O-])cc1. The van der Waals surface area contributed by atoms with Crippen molar-refractivity contribution in [3.8, 4) is 0 Å². The molecule has 0 atom stereocenters. The number of carbonyl (C=O) groups is 1. The van der Waals surface area contributed by atoms with Gasteiger partial charge in [0.2, 0.25) is 5.91 Å². The number of nitro groups is 1. The highest BCUT2D eigenvalue weighted by molar-refractivity contribution is 5.79. The van der Waals surface area contributed by atoms with Crippen molar-refractivity contribution in [2.24, 2.45) is 0 Å². The highest BCUT2D eigenvalue weighted by Gasteiger charge is 2.32. The van der Waals surface area contributed by atoms with Crippen LogP contribution in [0.3, 0.4) is 0 Å². The molecule has 0 spiro atoms. The van der Waals surface area contributed by atoms with Crippen molar-refractivity contribution in [3.05, 3.63) is 52.6 Å². The number of rotatable bonds is 6. The Morgan fingerprint density at radius 3 is 2.33 bits per heavy atom. The minimum atomic E-state index is -4.49. The zero-order chi connectivity index (χ0) is 16.0. The van der Waals surface area contributed by atoms with Gasteiger partial charge in [0, 0.05) is 18.7 Å². The molecule has 0 bridgehead atoms. The third kappa shape index (κ3) is 5.64. The molecule has 1 rings (SSSR count). The standard InChI is InChI=1S/C13H13F3N2O3/c1-2-7-17(9-13(14,15)16)12(19)8-10-3-5-11(6-4-10)18(20)21/h2-6H,1,7-9H2. The van der Waals surface area contributed by atoms with Gasteiger partial charge >= 0.3 is 6.18 Å². The molecule has 8 heteroatoms. The average Bonchev–Trinajstić information content (AvgIpc) is 2.37. The predicted molar refractivity (Wildman–Crippen MR) is 69.6 cm³/mol. The molecule has 0 unspecified atom stereocenters. The van der Waals surface area contributed by atoms with E-state index < -0.39 is 23.6 Å².